The molecule has 5 rings (SSSR count). The summed E-state index contributed by atoms with van der Waals surface area (Å²) in [4.78, 5) is 16.5. The van der Waals surface area contributed by atoms with E-state index >= 15 is 0 Å². The average Bonchev–Trinajstić information content (AvgIpc) is 3.47. The molecule has 0 spiro atoms. The van der Waals surface area contributed by atoms with Crippen LogP contribution in [0.3, 0.4) is 0 Å². The molecule has 2 amide bonds. The fraction of sp³-hybridized carbons (Fsp3) is 0.238. The van der Waals surface area contributed by atoms with Gasteiger partial charge in [-0.15, -0.1) is 15.3 Å². The largest absolute Gasteiger partial charge is 0.461 e. The van der Waals surface area contributed by atoms with E-state index in [9.17, 15) is 4.79 Å². The maximum atomic E-state index is 12.5. The molecule has 3 aromatic heterocycles. The highest BCUT2D eigenvalue weighted by Gasteiger charge is 2.22. The summed E-state index contributed by atoms with van der Waals surface area (Å²) in [6, 6.07) is 17.3. The van der Waals surface area contributed by atoms with Gasteiger partial charge < -0.3 is 19.5 Å². The van der Waals surface area contributed by atoms with Crippen molar-refractivity contribution in [1.82, 2.24) is 30.0 Å². The Labute approximate surface area is 172 Å². The summed E-state index contributed by atoms with van der Waals surface area (Å²) in [6.07, 6.45) is 1.60. The molecule has 9 heteroatoms. The van der Waals surface area contributed by atoms with Crippen LogP contribution in [0.2, 0.25) is 0 Å². The number of hydrogen-bond donors (Lipinski definition) is 1. The third-order valence-electron chi connectivity index (χ3n) is 5.17. The van der Waals surface area contributed by atoms with E-state index in [1.165, 1.54) is 0 Å². The number of rotatable bonds is 4. The summed E-state index contributed by atoms with van der Waals surface area (Å²) in [7, 11) is 0. The van der Waals surface area contributed by atoms with Gasteiger partial charge in [0.05, 0.1) is 6.26 Å². The van der Waals surface area contributed by atoms with Gasteiger partial charge in [-0.05, 0) is 29.8 Å². The fourth-order valence-corrected chi connectivity index (χ4v) is 3.53. The van der Waals surface area contributed by atoms with Crippen molar-refractivity contribution in [2.75, 3.05) is 31.1 Å². The molecule has 152 valence electrons. The molecule has 0 atom stereocenters. The van der Waals surface area contributed by atoms with E-state index in [0.717, 1.165) is 11.4 Å². The van der Waals surface area contributed by atoms with Gasteiger partial charge in [0.1, 0.15) is 5.82 Å². The molecule has 30 heavy (non-hydrogen) atoms. The Bertz CT molecular complexity index is 1130. The van der Waals surface area contributed by atoms with Gasteiger partial charge in [0.25, 0.3) is 0 Å². The number of carbonyl (C=O) groups is 1. The van der Waals surface area contributed by atoms with Crippen LogP contribution in [0.1, 0.15) is 5.56 Å². The number of hydrogen-bond acceptors (Lipinski definition) is 6. The number of piperazine rings is 1. The third kappa shape index (κ3) is 3.57. The number of nitrogens with zero attached hydrogens (tertiary/aromatic N) is 6. The maximum absolute atomic E-state index is 12.5. The van der Waals surface area contributed by atoms with E-state index in [1.54, 1.807) is 10.8 Å². The van der Waals surface area contributed by atoms with E-state index < -0.39 is 0 Å². The topological polar surface area (TPSA) is 91.8 Å². The van der Waals surface area contributed by atoms with Crippen molar-refractivity contribution in [3.63, 3.8) is 0 Å². The highest BCUT2D eigenvalue weighted by molar-refractivity contribution is 5.74. The lowest BCUT2D eigenvalue weighted by atomic mass is 10.2. The number of fused-ring (bicyclic) bond motifs is 1. The summed E-state index contributed by atoms with van der Waals surface area (Å²) in [5.41, 5.74) is 1.74. The van der Waals surface area contributed by atoms with E-state index in [0.29, 0.717) is 50.0 Å². The first-order chi connectivity index (χ1) is 14.8. The average molecular weight is 403 g/mol. The molecule has 4 aromatic rings. The van der Waals surface area contributed by atoms with Crippen LogP contribution in [0.4, 0.5) is 10.6 Å². The normalized spacial score (nSPS) is 14.3. The summed E-state index contributed by atoms with van der Waals surface area (Å²) >= 11 is 0. The quantitative estimate of drug-likeness (QED) is 0.563. The van der Waals surface area contributed by atoms with E-state index in [4.69, 9.17) is 9.52 Å². The van der Waals surface area contributed by atoms with Crippen LogP contribution in [0.5, 0.6) is 0 Å². The van der Waals surface area contributed by atoms with Gasteiger partial charge in [-0.3, -0.25) is 0 Å². The molecule has 1 saturated heterocycles. The van der Waals surface area contributed by atoms with Crippen molar-refractivity contribution in [3.05, 3.63) is 66.4 Å². The van der Waals surface area contributed by atoms with Crippen molar-refractivity contribution in [3.8, 4) is 11.6 Å². The van der Waals surface area contributed by atoms with Crippen LogP contribution >= 0.6 is 0 Å². The lowest BCUT2D eigenvalue weighted by molar-refractivity contribution is 0.194. The first-order valence-electron chi connectivity index (χ1n) is 9.86. The van der Waals surface area contributed by atoms with Crippen LogP contribution in [0, 0.1) is 0 Å². The van der Waals surface area contributed by atoms with Crippen LogP contribution in [0.15, 0.2) is 65.3 Å². The first kappa shape index (κ1) is 18.2. The van der Waals surface area contributed by atoms with Crippen LogP contribution in [-0.4, -0.2) is 56.9 Å². The molecule has 0 saturated carbocycles. The third-order valence-corrected chi connectivity index (χ3v) is 5.17. The fourth-order valence-electron chi connectivity index (χ4n) is 3.53. The molecule has 1 aliphatic heterocycles. The second-order valence-corrected chi connectivity index (χ2v) is 7.08. The molecule has 1 N–H and O–H groups in total. The Kier molecular flexibility index (Phi) is 4.76. The molecule has 0 unspecified atom stereocenters. The molecule has 4 heterocycles. The minimum absolute atomic E-state index is 0.0409. The lowest BCUT2D eigenvalue weighted by Crippen LogP contribution is -2.52. The molecular formula is C21H21N7O2. The Morgan fingerprint density at radius 2 is 1.80 bits per heavy atom. The Morgan fingerprint density at radius 1 is 0.967 bits per heavy atom. The van der Waals surface area contributed by atoms with Crippen LogP contribution in [-0.2, 0) is 6.54 Å². The molecule has 1 aromatic carbocycles. The van der Waals surface area contributed by atoms with Gasteiger partial charge >= 0.3 is 6.03 Å². The summed E-state index contributed by atoms with van der Waals surface area (Å²) < 4.78 is 7.13. The molecule has 0 radical (unpaired) electrons. The van der Waals surface area contributed by atoms with Crippen molar-refractivity contribution >= 4 is 17.5 Å². The highest BCUT2D eigenvalue weighted by Crippen LogP contribution is 2.20. The van der Waals surface area contributed by atoms with Gasteiger partial charge in [0.15, 0.2) is 11.4 Å². The Hall–Kier alpha value is -3.88. The summed E-state index contributed by atoms with van der Waals surface area (Å²) in [5.74, 6) is 2.00. The van der Waals surface area contributed by atoms with E-state index in [2.05, 4.69) is 20.4 Å². The van der Waals surface area contributed by atoms with Crippen molar-refractivity contribution in [2.24, 2.45) is 0 Å². The number of anilines is 1. The molecule has 1 fully saturated rings. The van der Waals surface area contributed by atoms with Crippen molar-refractivity contribution < 1.29 is 9.21 Å². The number of amides is 2. The zero-order chi connectivity index (χ0) is 20.3. The predicted octanol–water partition coefficient (Wildman–Crippen LogP) is 2.42. The molecule has 9 nitrogen and oxygen atoms in total. The molecule has 0 bridgehead atoms. The number of aromatic nitrogens is 4. The van der Waals surface area contributed by atoms with Crippen LogP contribution < -0.4 is 10.2 Å². The van der Waals surface area contributed by atoms with Gasteiger partial charge in [-0.2, -0.15) is 4.52 Å². The van der Waals surface area contributed by atoms with Gasteiger partial charge in [-0.25, -0.2) is 4.79 Å². The monoisotopic (exact) mass is 403 g/mol. The first-order valence-corrected chi connectivity index (χ1v) is 9.86. The predicted molar refractivity (Wildman–Crippen MR) is 111 cm³/mol. The van der Waals surface area contributed by atoms with Crippen molar-refractivity contribution in [2.45, 2.75) is 6.54 Å². The standard InChI is InChI=1S/C21H21N7O2/c29-21(22-15-16-5-2-1-3-6-16)27-12-10-26(11-13-27)19-9-8-18-23-24-20(28(18)25-19)17-7-4-14-30-17/h1-9,14H,10-13,15H2,(H,22,29). The number of urea groups is 1. The van der Waals surface area contributed by atoms with E-state index in [1.807, 2.05) is 59.5 Å². The zero-order valence-corrected chi connectivity index (χ0v) is 16.3. The van der Waals surface area contributed by atoms with Gasteiger partial charge in [0.2, 0.25) is 5.82 Å². The SMILES string of the molecule is O=C(NCc1ccccc1)N1CCN(c2ccc3nnc(-c4ccco4)n3n2)CC1. The van der Waals surface area contributed by atoms with Gasteiger partial charge in [0, 0.05) is 32.7 Å². The number of benzene rings is 1. The van der Waals surface area contributed by atoms with Crippen LogP contribution in [0.25, 0.3) is 17.2 Å². The molecule has 0 aliphatic carbocycles. The number of nitrogens with one attached hydrogen (secondary N) is 1. The minimum Gasteiger partial charge on any atom is -0.461 e. The maximum Gasteiger partial charge on any atom is 0.317 e. The zero-order valence-electron chi connectivity index (χ0n) is 16.3. The molecular weight excluding hydrogens is 382 g/mol. The summed E-state index contributed by atoms with van der Waals surface area (Å²) in [5, 5.41) is 16.0. The van der Waals surface area contributed by atoms with Gasteiger partial charge in [-0.1, -0.05) is 30.3 Å². The second-order valence-electron chi connectivity index (χ2n) is 7.08. The van der Waals surface area contributed by atoms with Crippen molar-refractivity contribution in [1.29, 1.82) is 0 Å². The lowest BCUT2D eigenvalue weighted by Gasteiger charge is -2.35. The number of carbonyl (C=O) groups excluding carboxylic acids is 1. The minimum atomic E-state index is -0.0409. The Balaban J connectivity index is 1.23. The highest BCUT2D eigenvalue weighted by atomic mass is 16.3. The smallest absolute Gasteiger partial charge is 0.317 e. The summed E-state index contributed by atoms with van der Waals surface area (Å²) in [6.45, 7) is 3.20. The second kappa shape index (κ2) is 7.86. The Morgan fingerprint density at radius 3 is 2.57 bits per heavy atom. The molecule has 1 aliphatic rings. The van der Waals surface area contributed by atoms with E-state index in [-0.39, 0.29) is 6.03 Å². The number of furan rings is 1.